The van der Waals surface area contributed by atoms with Crippen LogP contribution >= 0.6 is 22.9 Å². The average Bonchev–Trinajstić information content (AvgIpc) is 3.22. The molecule has 0 bridgehead atoms. The number of nitrogens with one attached hydrogen (secondary N) is 2. The van der Waals surface area contributed by atoms with E-state index >= 15 is 0 Å². The lowest BCUT2D eigenvalue weighted by molar-refractivity contribution is 0.0949. The van der Waals surface area contributed by atoms with Crippen LogP contribution < -0.4 is 10.0 Å². The molecule has 0 aliphatic heterocycles. The minimum atomic E-state index is -3.68. The zero-order valence-electron chi connectivity index (χ0n) is 18.2. The topological polar surface area (TPSA) is 88.2 Å². The summed E-state index contributed by atoms with van der Waals surface area (Å²) in [7, 11) is -3.68. The Bertz CT molecular complexity index is 1180. The third-order valence-electron chi connectivity index (χ3n) is 4.87. The maximum absolute atomic E-state index is 12.6. The second-order valence-corrected chi connectivity index (χ2v) is 11.4. The summed E-state index contributed by atoms with van der Waals surface area (Å²) in [5.41, 5.74) is 2.22. The maximum atomic E-state index is 12.6. The highest BCUT2D eigenvalue weighted by Gasteiger charge is 2.18. The van der Waals surface area contributed by atoms with Crippen LogP contribution in [-0.4, -0.2) is 25.9 Å². The molecule has 0 saturated carbocycles. The Hall–Kier alpha value is -2.26. The van der Waals surface area contributed by atoms with Crippen molar-refractivity contribution in [2.24, 2.45) is 0 Å². The van der Waals surface area contributed by atoms with Crippen molar-refractivity contribution in [1.82, 2.24) is 15.0 Å². The van der Waals surface area contributed by atoms with Crippen molar-refractivity contribution >= 4 is 38.9 Å². The van der Waals surface area contributed by atoms with Gasteiger partial charge >= 0.3 is 0 Å². The molecular formula is C23H26ClN3O3S2. The Kier molecular flexibility index (Phi) is 7.71. The predicted molar refractivity (Wildman–Crippen MR) is 129 cm³/mol. The Balaban J connectivity index is 1.54. The standard InChI is InChI=1S/C23H26ClN3O3S2/c1-23(2,3)17-8-10-18(11-9-17)32(29,30)26-14-21-27-20(15-31-21)22(28)25-13-12-16-6-4-5-7-19(16)24/h4-11,15,26H,12-14H2,1-3H3,(H,25,28). The highest BCUT2D eigenvalue weighted by atomic mass is 35.5. The molecule has 3 aromatic rings. The summed E-state index contributed by atoms with van der Waals surface area (Å²) < 4.78 is 27.7. The van der Waals surface area contributed by atoms with E-state index in [1.165, 1.54) is 11.3 Å². The first-order valence-corrected chi connectivity index (χ1v) is 12.9. The highest BCUT2D eigenvalue weighted by Crippen LogP contribution is 2.23. The number of thiazole rings is 1. The van der Waals surface area contributed by atoms with E-state index in [0.29, 0.717) is 23.0 Å². The average molecular weight is 492 g/mol. The largest absolute Gasteiger partial charge is 0.350 e. The van der Waals surface area contributed by atoms with E-state index in [-0.39, 0.29) is 28.5 Å². The molecule has 0 fully saturated rings. The Morgan fingerprint density at radius 2 is 1.78 bits per heavy atom. The third-order valence-corrected chi connectivity index (χ3v) is 7.50. The summed E-state index contributed by atoms with van der Waals surface area (Å²) in [6.45, 7) is 6.65. The van der Waals surface area contributed by atoms with E-state index in [1.54, 1.807) is 17.5 Å². The van der Waals surface area contributed by atoms with Gasteiger partial charge in [-0.2, -0.15) is 0 Å². The lowest BCUT2D eigenvalue weighted by Gasteiger charge is -2.19. The maximum Gasteiger partial charge on any atom is 0.270 e. The van der Waals surface area contributed by atoms with Crippen LogP contribution in [0.15, 0.2) is 58.8 Å². The first kappa shape index (κ1) is 24.4. The number of sulfonamides is 1. The lowest BCUT2D eigenvalue weighted by Crippen LogP contribution is -2.26. The molecule has 2 N–H and O–H groups in total. The van der Waals surface area contributed by atoms with Crippen molar-refractivity contribution in [3.8, 4) is 0 Å². The number of amides is 1. The van der Waals surface area contributed by atoms with Gasteiger partial charge in [-0.25, -0.2) is 18.1 Å². The van der Waals surface area contributed by atoms with Crippen LogP contribution in [0.5, 0.6) is 0 Å². The number of carbonyl (C=O) groups is 1. The van der Waals surface area contributed by atoms with Crippen LogP contribution in [0.1, 0.15) is 47.4 Å². The van der Waals surface area contributed by atoms with Gasteiger partial charge < -0.3 is 5.32 Å². The fourth-order valence-corrected chi connectivity index (χ4v) is 5.00. The minimum absolute atomic E-state index is 0.0148. The van der Waals surface area contributed by atoms with Gasteiger partial charge in [0.25, 0.3) is 5.91 Å². The number of halogens is 1. The Morgan fingerprint density at radius 1 is 1.09 bits per heavy atom. The SMILES string of the molecule is CC(C)(C)c1ccc(S(=O)(=O)NCc2nc(C(=O)NCCc3ccccc3Cl)cs2)cc1. The fourth-order valence-electron chi connectivity index (χ4n) is 2.97. The molecule has 1 amide bonds. The van der Waals surface area contributed by atoms with E-state index in [1.807, 2.05) is 36.4 Å². The number of aromatic nitrogens is 1. The summed E-state index contributed by atoms with van der Waals surface area (Å²) in [5.74, 6) is -0.305. The Labute approximate surface area is 198 Å². The number of nitrogens with zero attached hydrogens (tertiary/aromatic N) is 1. The highest BCUT2D eigenvalue weighted by molar-refractivity contribution is 7.89. The number of benzene rings is 2. The van der Waals surface area contributed by atoms with Gasteiger partial charge in [-0.3, -0.25) is 4.79 Å². The second kappa shape index (κ2) is 10.1. The van der Waals surface area contributed by atoms with Crippen LogP contribution in [-0.2, 0) is 28.4 Å². The molecule has 0 unspecified atom stereocenters. The molecule has 0 aliphatic rings. The first-order chi connectivity index (χ1) is 15.1. The van der Waals surface area contributed by atoms with Crippen LogP contribution in [0.4, 0.5) is 0 Å². The van der Waals surface area contributed by atoms with Crippen molar-refractivity contribution in [1.29, 1.82) is 0 Å². The number of rotatable bonds is 8. The normalized spacial score (nSPS) is 12.0. The first-order valence-electron chi connectivity index (χ1n) is 10.1. The van der Waals surface area contributed by atoms with Gasteiger partial charge in [-0.05, 0) is 41.2 Å². The van der Waals surface area contributed by atoms with Gasteiger partial charge in [0, 0.05) is 16.9 Å². The van der Waals surface area contributed by atoms with Gasteiger partial charge in [0.15, 0.2) is 0 Å². The molecule has 9 heteroatoms. The van der Waals surface area contributed by atoms with Gasteiger partial charge in [-0.1, -0.05) is 62.7 Å². The second-order valence-electron chi connectivity index (χ2n) is 8.32. The van der Waals surface area contributed by atoms with Gasteiger partial charge in [0.05, 0.1) is 11.4 Å². The molecule has 32 heavy (non-hydrogen) atoms. The zero-order valence-corrected chi connectivity index (χ0v) is 20.6. The smallest absolute Gasteiger partial charge is 0.270 e. The molecule has 1 heterocycles. The van der Waals surface area contributed by atoms with Gasteiger partial charge in [0.1, 0.15) is 10.7 Å². The molecule has 1 aromatic heterocycles. The summed E-state index contributed by atoms with van der Waals surface area (Å²) >= 11 is 7.36. The minimum Gasteiger partial charge on any atom is -0.350 e. The number of carbonyl (C=O) groups excluding carboxylic acids is 1. The molecule has 2 aromatic carbocycles. The molecule has 0 radical (unpaired) electrons. The summed E-state index contributed by atoms with van der Waals surface area (Å²) in [4.78, 5) is 16.8. The van der Waals surface area contributed by atoms with E-state index in [0.717, 1.165) is 11.1 Å². The van der Waals surface area contributed by atoms with Gasteiger partial charge in [-0.15, -0.1) is 11.3 Å². The van der Waals surface area contributed by atoms with Crippen molar-refractivity contribution < 1.29 is 13.2 Å². The van der Waals surface area contributed by atoms with Crippen LogP contribution in [0.25, 0.3) is 0 Å². The molecule has 3 rings (SSSR count). The quantitative estimate of drug-likeness (QED) is 0.484. The van der Waals surface area contributed by atoms with Crippen molar-refractivity contribution in [3.63, 3.8) is 0 Å². The molecule has 0 spiro atoms. The fraction of sp³-hybridized carbons (Fsp3) is 0.304. The summed E-state index contributed by atoms with van der Waals surface area (Å²) in [6, 6.07) is 14.3. The number of hydrogen-bond acceptors (Lipinski definition) is 5. The molecule has 0 atom stereocenters. The molecule has 170 valence electrons. The molecule has 6 nitrogen and oxygen atoms in total. The van der Waals surface area contributed by atoms with E-state index in [4.69, 9.17) is 11.6 Å². The molecular weight excluding hydrogens is 466 g/mol. The molecule has 0 saturated heterocycles. The molecule has 0 aliphatic carbocycles. The Morgan fingerprint density at radius 3 is 2.44 bits per heavy atom. The van der Waals surface area contributed by atoms with Gasteiger partial charge in [0.2, 0.25) is 10.0 Å². The van der Waals surface area contributed by atoms with Crippen LogP contribution in [0, 0.1) is 0 Å². The summed E-state index contributed by atoms with van der Waals surface area (Å²) in [5, 5.41) is 5.60. The third kappa shape index (κ3) is 6.38. The monoisotopic (exact) mass is 491 g/mol. The van der Waals surface area contributed by atoms with Crippen LogP contribution in [0.2, 0.25) is 5.02 Å². The number of hydrogen-bond donors (Lipinski definition) is 2. The van der Waals surface area contributed by atoms with Crippen molar-refractivity contribution in [2.75, 3.05) is 6.54 Å². The summed E-state index contributed by atoms with van der Waals surface area (Å²) in [6.07, 6.45) is 0.607. The predicted octanol–water partition coefficient (Wildman–Crippen LogP) is 4.55. The van der Waals surface area contributed by atoms with Crippen LogP contribution in [0.3, 0.4) is 0 Å². The lowest BCUT2D eigenvalue weighted by atomic mass is 9.87. The van der Waals surface area contributed by atoms with Crippen molar-refractivity contribution in [2.45, 2.75) is 44.0 Å². The van der Waals surface area contributed by atoms with Crippen molar-refractivity contribution in [3.05, 3.63) is 80.8 Å². The zero-order chi connectivity index (χ0) is 23.4. The van der Waals surface area contributed by atoms with E-state index in [2.05, 4.69) is 35.8 Å². The van der Waals surface area contributed by atoms with E-state index < -0.39 is 10.0 Å². The van der Waals surface area contributed by atoms with E-state index in [9.17, 15) is 13.2 Å².